The maximum atomic E-state index is 6.18. The second-order valence-electron chi connectivity index (χ2n) is 3.80. The molecule has 3 nitrogen and oxygen atoms in total. The van der Waals surface area contributed by atoms with Gasteiger partial charge < -0.3 is 5.73 Å². The monoisotopic (exact) mass is 241 g/mol. The Morgan fingerprint density at radius 3 is 2.88 bits per heavy atom. The minimum Gasteiger partial charge on any atom is -0.318 e. The van der Waals surface area contributed by atoms with Crippen molar-refractivity contribution in [2.24, 2.45) is 5.73 Å². The smallest absolute Gasteiger partial charge is 0.114 e. The number of hydrogen-bond donors (Lipinski definition) is 1. The Bertz CT molecular complexity index is 634. The predicted octanol–water partition coefficient (Wildman–Crippen LogP) is 2.74. The van der Waals surface area contributed by atoms with Gasteiger partial charge in [0.15, 0.2) is 0 Å². The minimum atomic E-state index is -0.153. The summed E-state index contributed by atoms with van der Waals surface area (Å²) >= 11 is 1.58. The van der Waals surface area contributed by atoms with Crippen molar-refractivity contribution in [3.8, 4) is 0 Å². The molecule has 0 saturated carbocycles. The summed E-state index contributed by atoms with van der Waals surface area (Å²) < 4.78 is 0. The second kappa shape index (κ2) is 4.24. The van der Waals surface area contributed by atoms with Crippen LogP contribution in [0.3, 0.4) is 0 Å². The Kier molecular flexibility index (Phi) is 2.59. The Morgan fingerprint density at radius 2 is 2.06 bits per heavy atom. The molecule has 0 bridgehead atoms. The largest absolute Gasteiger partial charge is 0.318 e. The van der Waals surface area contributed by atoms with E-state index in [1.807, 2.05) is 29.6 Å². The van der Waals surface area contributed by atoms with Crippen LogP contribution >= 0.6 is 11.3 Å². The third-order valence-electron chi connectivity index (χ3n) is 2.70. The van der Waals surface area contributed by atoms with Gasteiger partial charge in [0.1, 0.15) is 5.01 Å². The van der Waals surface area contributed by atoms with E-state index in [-0.39, 0.29) is 6.04 Å². The van der Waals surface area contributed by atoms with Crippen LogP contribution in [-0.4, -0.2) is 9.97 Å². The van der Waals surface area contributed by atoms with Gasteiger partial charge in [0.05, 0.1) is 11.6 Å². The minimum absolute atomic E-state index is 0.153. The van der Waals surface area contributed by atoms with Crippen molar-refractivity contribution in [1.82, 2.24) is 9.97 Å². The number of rotatable bonds is 2. The lowest BCUT2D eigenvalue weighted by Gasteiger charge is -2.09. The molecule has 0 aliphatic rings. The SMILES string of the molecule is NC(c1ccc2ncccc2c1)c1nccs1. The van der Waals surface area contributed by atoms with Crippen molar-refractivity contribution in [2.45, 2.75) is 6.04 Å². The van der Waals surface area contributed by atoms with Crippen LogP contribution in [-0.2, 0) is 0 Å². The van der Waals surface area contributed by atoms with E-state index in [4.69, 9.17) is 5.73 Å². The Labute approximate surface area is 103 Å². The fourth-order valence-electron chi connectivity index (χ4n) is 1.82. The van der Waals surface area contributed by atoms with E-state index in [2.05, 4.69) is 16.0 Å². The van der Waals surface area contributed by atoms with Crippen LogP contribution in [0.15, 0.2) is 48.1 Å². The summed E-state index contributed by atoms with van der Waals surface area (Å²) in [4.78, 5) is 8.54. The van der Waals surface area contributed by atoms with Crippen LogP contribution < -0.4 is 5.73 Å². The topological polar surface area (TPSA) is 51.8 Å². The molecule has 0 spiro atoms. The first-order valence-electron chi connectivity index (χ1n) is 5.34. The number of pyridine rings is 1. The van der Waals surface area contributed by atoms with Crippen molar-refractivity contribution in [2.75, 3.05) is 0 Å². The first-order chi connectivity index (χ1) is 8.34. The van der Waals surface area contributed by atoms with Gasteiger partial charge in [-0.2, -0.15) is 0 Å². The van der Waals surface area contributed by atoms with E-state index in [1.165, 1.54) is 0 Å². The zero-order chi connectivity index (χ0) is 11.7. The Balaban J connectivity index is 2.06. The van der Waals surface area contributed by atoms with Gasteiger partial charge in [-0.3, -0.25) is 4.98 Å². The summed E-state index contributed by atoms with van der Waals surface area (Å²) in [5.41, 5.74) is 8.24. The van der Waals surface area contributed by atoms with Gasteiger partial charge in [-0.15, -0.1) is 11.3 Å². The van der Waals surface area contributed by atoms with Crippen molar-refractivity contribution in [1.29, 1.82) is 0 Å². The molecule has 4 heteroatoms. The van der Waals surface area contributed by atoms with Crippen LogP contribution in [0.2, 0.25) is 0 Å². The zero-order valence-corrected chi connectivity index (χ0v) is 9.89. The molecule has 1 atom stereocenters. The van der Waals surface area contributed by atoms with Gasteiger partial charge in [-0.05, 0) is 23.8 Å². The van der Waals surface area contributed by atoms with Gasteiger partial charge in [0, 0.05) is 23.2 Å². The van der Waals surface area contributed by atoms with E-state index in [0.29, 0.717) is 0 Å². The molecular formula is C13H11N3S. The number of benzene rings is 1. The van der Waals surface area contributed by atoms with Crippen LogP contribution in [0, 0.1) is 0 Å². The first-order valence-corrected chi connectivity index (χ1v) is 6.22. The van der Waals surface area contributed by atoms with Gasteiger partial charge >= 0.3 is 0 Å². The summed E-state index contributed by atoms with van der Waals surface area (Å²) in [6, 6.07) is 9.91. The van der Waals surface area contributed by atoms with Gasteiger partial charge in [0.2, 0.25) is 0 Å². The van der Waals surface area contributed by atoms with Crippen LogP contribution in [0.4, 0.5) is 0 Å². The average molecular weight is 241 g/mol. The quantitative estimate of drug-likeness (QED) is 0.750. The number of aromatic nitrogens is 2. The molecule has 2 aromatic heterocycles. The molecule has 0 radical (unpaired) electrons. The van der Waals surface area contributed by atoms with Gasteiger partial charge in [0.25, 0.3) is 0 Å². The van der Waals surface area contributed by atoms with Gasteiger partial charge in [-0.1, -0.05) is 12.1 Å². The molecule has 2 heterocycles. The molecule has 0 aliphatic carbocycles. The molecule has 0 amide bonds. The highest BCUT2D eigenvalue weighted by atomic mass is 32.1. The molecule has 0 saturated heterocycles. The molecular weight excluding hydrogens is 230 g/mol. The highest BCUT2D eigenvalue weighted by molar-refractivity contribution is 7.09. The molecule has 17 heavy (non-hydrogen) atoms. The van der Waals surface area contributed by atoms with Crippen LogP contribution in [0.1, 0.15) is 16.6 Å². The van der Waals surface area contributed by atoms with Crippen molar-refractivity contribution in [3.63, 3.8) is 0 Å². The molecule has 1 aromatic carbocycles. The van der Waals surface area contributed by atoms with E-state index < -0.39 is 0 Å². The average Bonchev–Trinajstić information content (AvgIpc) is 2.91. The van der Waals surface area contributed by atoms with E-state index in [9.17, 15) is 0 Å². The van der Waals surface area contributed by atoms with E-state index in [0.717, 1.165) is 21.5 Å². The lowest BCUT2D eigenvalue weighted by atomic mass is 10.1. The molecule has 2 N–H and O–H groups in total. The third-order valence-corrected chi connectivity index (χ3v) is 3.56. The fourth-order valence-corrected chi connectivity index (χ4v) is 2.48. The fraction of sp³-hybridized carbons (Fsp3) is 0.0769. The second-order valence-corrected chi connectivity index (χ2v) is 4.73. The molecule has 0 fully saturated rings. The number of fused-ring (bicyclic) bond motifs is 1. The summed E-state index contributed by atoms with van der Waals surface area (Å²) in [6.45, 7) is 0. The van der Waals surface area contributed by atoms with Gasteiger partial charge in [-0.25, -0.2) is 4.98 Å². The first kappa shape index (κ1) is 10.4. The summed E-state index contributed by atoms with van der Waals surface area (Å²) in [5, 5.41) is 3.99. The number of nitrogens with two attached hydrogens (primary N) is 1. The molecule has 1 unspecified atom stereocenters. The lowest BCUT2D eigenvalue weighted by Crippen LogP contribution is -2.11. The number of hydrogen-bond acceptors (Lipinski definition) is 4. The standard InChI is InChI=1S/C13H11N3S/c14-12(13-16-6-7-17-13)10-3-4-11-9(8-10)2-1-5-15-11/h1-8,12H,14H2. The van der Waals surface area contributed by atoms with Crippen molar-refractivity contribution in [3.05, 3.63) is 58.7 Å². The zero-order valence-electron chi connectivity index (χ0n) is 9.08. The lowest BCUT2D eigenvalue weighted by molar-refractivity contribution is 0.859. The maximum absolute atomic E-state index is 6.18. The molecule has 84 valence electrons. The Morgan fingerprint density at radius 1 is 1.12 bits per heavy atom. The Hall–Kier alpha value is -1.78. The normalized spacial score (nSPS) is 12.8. The summed E-state index contributed by atoms with van der Waals surface area (Å²) in [7, 11) is 0. The molecule has 3 aromatic rings. The summed E-state index contributed by atoms with van der Waals surface area (Å²) in [6.07, 6.45) is 3.57. The van der Waals surface area contributed by atoms with Crippen LogP contribution in [0.5, 0.6) is 0 Å². The summed E-state index contributed by atoms with van der Waals surface area (Å²) in [5.74, 6) is 0. The van der Waals surface area contributed by atoms with Crippen molar-refractivity contribution < 1.29 is 0 Å². The highest BCUT2D eigenvalue weighted by Gasteiger charge is 2.11. The van der Waals surface area contributed by atoms with Crippen LogP contribution in [0.25, 0.3) is 10.9 Å². The van der Waals surface area contributed by atoms with E-state index in [1.54, 1.807) is 23.7 Å². The maximum Gasteiger partial charge on any atom is 0.114 e. The molecule has 3 rings (SSSR count). The van der Waals surface area contributed by atoms with Crippen molar-refractivity contribution >= 4 is 22.2 Å². The molecule has 0 aliphatic heterocycles. The van der Waals surface area contributed by atoms with E-state index >= 15 is 0 Å². The predicted molar refractivity (Wildman–Crippen MR) is 69.9 cm³/mol. The number of nitrogens with zero attached hydrogens (tertiary/aromatic N) is 2. The number of thiazole rings is 1. The third kappa shape index (κ3) is 1.92. The highest BCUT2D eigenvalue weighted by Crippen LogP contribution is 2.23.